The summed E-state index contributed by atoms with van der Waals surface area (Å²) in [5, 5.41) is 0.709. The highest BCUT2D eigenvalue weighted by Gasteiger charge is 2.22. The minimum absolute atomic E-state index is 0.124. The predicted molar refractivity (Wildman–Crippen MR) is 85.2 cm³/mol. The van der Waals surface area contributed by atoms with Crippen molar-refractivity contribution in [1.29, 1.82) is 0 Å². The van der Waals surface area contributed by atoms with Crippen molar-refractivity contribution in [1.82, 2.24) is 14.5 Å². The van der Waals surface area contributed by atoms with Crippen molar-refractivity contribution in [2.75, 3.05) is 5.73 Å². The molecule has 2 aromatic heterocycles. The van der Waals surface area contributed by atoms with Crippen molar-refractivity contribution < 1.29 is 18.3 Å². The van der Waals surface area contributed by atoms with Gasteiger partial charge in [0.05, 0.1) is 10.9 Å². The van der Waals surface area contributed by atoms with Crippen LogP contribution in [0.2, 0.25) is 0 Å². The molecule has 8 heteroatoms. The number of aromatic nitrogens is 3. The number of esters is 1. The molecule has 1 aromatic carbocycles. The molecule has 3 aromatic rings. The summed E-state index contributed by atoms with van der Waals surface area (Å²) in [5.74, 6) is -2.44. The first-order chi connectivity index (χ1) is 11.2. The molecule has 0 saturated heterocycles. The Morgan fingerprint density at radius 2 is 1.92 bits per heavy atom. The molecule has 3 rings (SSSR count). The monoisotopic (exact) mass is 334 g/mol. The highest BCUT2D eigenvalue weighted by atomic mass is 19.2. The van der Waals surface area contributed by atoms with Gasteiger partial charge in [-0.1, -0.05) is 0 Å². The van der Waals surface area contributed by atoms with E-state index in [-0.39, 0.29) is 12.4 Å². The summed E-state index contributed by atoms with van der Waals surface area (Å²) in [5.41, 5.74) is 5.80. The minimum Gasteiger partial charge on any atom is -0.459 e. The fraction of sp³-hybridized carbons (Fsp3) is 0.312. The van der Waals surface area contributed by atoms with E-state index in [4.69, 9.17) is 10.5 Å². The van der Waals surface area contributed by atoms with Gasteiger partial charge in [0, 0.05) is 11.5 Å². The number of anilines is 1. The smallest absolute Gasteiger partial charge is 0.326 e. The molecule has 0 aliphatic carbocycles. The molecule has 0 aliphatic rings. The van der Waals surface area contributed by atoms with Crippen LogP contribution in [0.5, 0.6) is 0 Å². The molecule has 0 fully saturated rings. The quantitative estimate of drug-likeness (QED) is 0.729. The maximum atomic E-state index is 13.7. The third-order valence-electron chi connectivity index (χ3n) is 3.42. The summed E-state index contributed by atoms with van der Waals surface area (Å²) in [6.07, 6.45) is 1.23. The highest BCUT2D eigenvalue weighted by Crippen LogP contribution is 2.32. The number of nitrogen functional groups attached to an aromatic ring is 1. The average Bonchev–Trinajstić information content (AvgIpc) is 2.73. The molecule has 0 aliphatic heterocycles. The lowest BCUT2D eigenvalue weighted by atomic mass is 10.2. The molecule has 0 saturated carbocycles. The van der Waals surface area contributed by atoms with Crippen molar-refractivity contribution in [3.63, 3.8) is 0 Å². The Hall–Kier alpha value is -2.77. The van der Waals surface area contributed by atoms with Gasteiger partial charge in [-0.3, -0.25) is 4.79 Å². The fourth-order valence-electron chi connectivity index (χ4n) is 2.59. The van der Waals surface area contributed by atoms with Crippen molar-refractivity contribution >= 4 is 33.7 Å². The Morgan fingerprint density at radius 3 is 2.58 bits per heavy atom. The van der Waals surface area contributed by atoms with Gasteiger partial charge >= 0.3 is 5.97 Å². The van der Waals surface area contributed by atoms with Gasteiger partial charge in [0.25, 0.3) is 0 Å². The number of rotatable bonds is 2. The molecule has 6 nitrogen and oxygen atoms in total. The largest absolute Gasteiger partial charge is 0.459 e. The van der Waals surface area contributed by atoms with Gasteiger partial charge < -0.3 is 15.0 Å². The Kier molecular flexibility index (Phi) is 3.62. The summed E-state index contributed by atoms with van der Waals surface area (Å²) in [6, 6.07) is 2.04. The molecule has 0 radical (unpaired) electrons. The maximum absolute atomic E-state index is 13.7. The molecule has 0 unspecified atom stereocenters. The second-order valence-electron chi connectivity index (χ2n) is 6.41. The predicted octanol–water partition coefficient (Wildman–Crippen LogP) is 2.79. The van der Waals surface area contributed by atoms with E-state index in [1.165, 1.54) is 10.9 Å². The van der Waals surface area contributed by atoms with E-state index < -0.39 is 23.2 Å². The molecule has 2 heterocycles. The van der Waals surface area contributed by atoms with Gasteiger partial charge in [0.2, 0.25) is 0 Å². The average molecular weight is 334 g/mol. The first kappa shape index (κ1) is 16.1. The molecule has 0 atom stereocenters. The van der Waals surface area contributed by atoms with Crippen molar-refractivity contribution in [3.05, 3.63) is 30.1 Å². The first-order valence-electron chi connectivity index (χ1n) is 7.26. The molecular weight excluding hydrogens is 318 g/mol. The van der Waals surface area contributed by atoms with Gasteiger partial charge in [0.15, 0.2) is 11.6 Å². The third-order valence-corrected chi connectivity index (χ3v) is 3.42. The first-order valence-corrected chi connectivity index (χ1v) is 7.26. The van der Waals surface area contributed by atoms with E-state index in [0.29, 0.717) is 21.9 Å². The number of nitrogens with zero attached hydrogens (tertiary/aromatic N) is 3. The lowest BCUT2D eigenvalue weighted by Crippen LogP contribution is -2.26. The van der Waals surface area contributed by atoms with Gasteiger partial charge in [-0.15, -0.1) is 0 Å². The fourth-order valence-corrected chi connectivity index (χ4v) is 2.59. The molecule has 0 bridgehead atoms. The van der Waals surface area contributed by atoms with Crippen LogP contribution in [0.15, 0.2) is 18.5 Å². The maximum Gasteiger partial charge on any atom is 0.326 e. The Labute approximate surface area is 136 Å². The molecule has 0 spiro atoms. The number of ether oxygens (including phenoxy) is 1. The van der Waals surface area contributed by atoms with E-state index in [9.17, 15) is 13.6 Å². The Balaban J connectivity index is 2.23. The summed E-state index contributed by atoms with van der Waals surface area (Å²) < 4.78 is 34.1. The van der Waals surface area contributed by atoms with Gasteiger partial charge in [-0.05, 0) is 26.8 Å². The van der Waals surface area contributed by atoms with Gasteiger partial charge in [0.1, 0.15) is 29.9 Å². The van der Waals surface area contributed by atoms with Crippen LogP contribution in [0, 0.1) is 11.6 Å². The van der Waals surface area contributed by atoms with E-state index >= 15 is 0 Å². The van der Waals surface area contributed by atoms with Crippen molar-refractivity contribution in [2.24, 2.45) is 0 Å². The van der Waals surface area contributed by atoms with Crippen LogP contribution < -0.4 is 5.73 Å². The summed E-state index contributed by atoms with van der Waals surface area (Å²) in [4.78, 5) is 20.2. The van der Waals surface area contributed by atoms with Crippen LogP contribution in [-0.2, 0) is 16.1 Å². The normalized spacial score (nSPS) is 12.0. The van der Waals surface area contributed by atoms with Gasteiger partial charge in [-0.2, -0.15) is 0 Å². The standard InChI is InChI=1S/C16H16F2N4O2/c1-16(2,3)24-12(23)6-22-11-5-10(18)9(17)4-8(11)13-14(19)20-7-21-15(13)22/h4-5,7H,6H2,1-3H3,(H2,19,20,21). The van der Waals surface area contributed by atoms with Crippen molar-refractivity contribution in [2.45, 2.75) is 32.9 Å². The number of hydrogen-bond donors (Lipinski definition) is 1. The van der Waals surface area contributed by atoms with Crippen LogP contribution in [0.1, 0.15) is 20.8 Å². The van der Waals surface area contributed by atoms with E-state index in [1.54, 1.807) is 20.8 Å². The number of hydrogen-bond acceptors (Lipinski definition) is 5. The topological polar surface area (TPSA) is 83.0 Å². The summed E-state index contributed by atoms with van der Waals surface area (Å²) >= 11 is 0. The number of fused-ring (bicyclic) bond motifs is 3. The van der Waals surface area contributed by atoms with Crippen LogP contribution in [0.25, 0.3) is 21.9 Å². The van der Waals surface area contributed by atoms with Gasteiger partial charge in [-0.25, -0.2) is 18.7 Å². The highest BCUT2D eigenvalue weighted by molar-refractivity contribution is 6.11. The molecular formula is C16H16F2N4O2. The summed E-state index contributed by atoms with van der Waals surface area (Å²) in [7, 11) is 0. The van der Waals surface area contributed by atoms with E-state index in [2.05, 4.69) is 9.97 Å². The van der Waals surface area contributed by atoms with Crippen LogP contribution in [-0.4, -0.2) is 26.1 Å². The number of carbonyl (C=O) groups is 1. The zero-order chi connectivity index (χ0) is 17.6. The van der Waals surface area contributed by atoms with E-state index in [1.807, 2.05) is 0 Å². The molecule has 126 valence electrons. The lowest BCUT2D eigenvalue weighted by molar-refractivity contribution is -0.155. The number of benzene rings is 1. The SMILES string of the molecule is CC(C)(C)OC(=O)Cn1c2cc(F)c(F)cc2c2c(N)ncnc21. The third kappa shape index (κ3) is 2.75. The second-order valence-corrected chi connectivity index (χ2v) is 6.41. The van der Waals surface area contributed by atoms with Crippen molar-refractivity contribution in [3.8, 4) is 0 Å². The summed E-state index contributed by atoms with van der Waals surface area (Å²) in [6.45, 7) is 5.02. The zero-order valence-electron chi connectivity index (χ0n) is 13.4. The molecule has 2 N–H and O–H groups in total. The molecule has 0 amide bonds. The lowest BCUT2D eigenvalue weighted by Gasteiger charge is -2.20. The second kappa shape index (κ2) is 5.40. The van der Waals surface area contributed by atoms with Crippen LogP contribution in [0.4, 0.5) is 14.6 Å². The molecule has 24 heavy (non-hydrogen) atoms. The number of carbonyl (C=O) groups excluding carboxylic acids is 1. The Bertz CT molecular complexity index is 960. The number of halogens is 2. The Morgan fingerprint density at radius 1 is 1.25 bits per heavy atom. The van der Waals surface area contributed by atoms with Crippen LogP contribution in [0.3, 0.4) is 0 Å². The van der Waals surface area contributed by atoms with E-state index in [0.717, 1.165) is 12.1 Å². The van der Waals surface area contributed by atoms with Crippen LogP contribution >= 0.6 is 0 Å². The zero-order valence-corrected chi connectivity index (χ0v) is 13.4. The number of nitrogens with two attached hydrogens (primary N) is 1. The minimum atomic E-state index is -1.03.